The molecule has 15 nitrogen and oxygen atoms in total. The number of carbonyl (C=O) groups is 1. The van der Waals surface area contributed by atoms with Crippen LogP contribution in [0.15, 0.2) is 71.3 Å². The molecule has 0 saturated heterocycles. The smallest absolute Gasteiger partial charge is 0.303 e. The van der Waals surface area contributed by atoms with E-state index in [0.29, 0.717) is 95.5 Å². The summed E-state index contributed by atoms with van der Waals surface area (Å²) in [6.07, 6.45) is 9.37. The number of carboxylic acids is 1. The van der Waals surface area contributed by atoms with Gasteiger partial charge in [0.2, 0.25) is 0 Å². The number of unbranched alkanes of at least 4 members (excludes halogenated alkanes) is 2. The predicted octanol–water partition coefficient (Wildman–Crippen LogP) is 6.79. The molecule has 61 heavy (non-hydrogen) atoms. The number of carboxylic acid groups (broad SMARTS) is 1. The lowest BCUT2D eigenvalue weighted by molar-refractivity contribution is -0.137. The van der Waals surface area contributed by atoms with Gasteiger partial charge in [-0.05, 0) is 97.7 Å². The van der Waals surface area contributed by atoms with Crippen LogP contribution >= 0.6 is 0 Å². The van der Waals surface area contributed by atoms with Crippen molar-refractivity contribution in [3.05, 3.63) is 77.5 Å². The molecular weight excluding hydrogens is 829 g/mol. The van der Waals surface area contributed by atoms with Gasteiger partial charge in [0.05, 0.1) is 50.3 Å². The van der Waals surface area contributed by atoms with E-state index in [0.717, 1.165) is 22.5 Å². The molecule has 0 amide bonds. The summed E-state index contributed by atoms with van der Waals surface area (Å²) in [6, 6.07) is 10.6. The number of nitrogens with zero attached hydrogens (tertiary/aromatic N) is 2. The zero-order valence-electron chi connectivity index (χ0n) is 36.3. The van der Waals surface area contributed by atoms with E-state index >= 15 is 0 Å². The Morgan fingerprint density at radius 1 is 0.902 bits per heavy atom. The summed E-state index contributed by atoms with van der Waals surface area (Å²) < 4.78 is 96.4. The maximum atomic E-state index is 12.3. The van der Waals surface area contributed by atoms with E-state index in [4.69, 9.17) is 23.7 Å². The molecule has 2 heterocycles. The van der Waals surface area contributed by atoms with Crippen molar-refractivity contribution < 1.29 is 59.5 Å². The molecule has 2 aromatic rings. The van der Waals surface area contributed by atoms with E-state index in [-0.39, 0.29) is 29.6 Å². The van der Waals surface area contributed by atoms with Crippen LogP contribution in [0.25, 0.3) is 5.57 Å². The van der Waals surface area contributed by atoms with Crippen molar-refractivity contribution in [2.75, 3.05) is 89.0 Å². The predicted molar refractivity (Wildman–Crippen MR) is 236 cm³/mol. The molecular formula is C44H64N2O13S2. The van der Waals surface area contributed by atoms with Gasteiger partial charge in [-0.2, -0.15) is 16.8 Å². The van der Waals surface area contributed by atoms with Crippen molar-refractivity contribution >= 4 is 43.2 Å². The molecule has 0 saturated carbocycles. The van der Waals surface area contributed by atoms with Crippen molar-refractivity contribution in [3.63, 3.8) is 0 Å². The Hall–Kier alpha value is -3.81. The van der Waals surface area contributed by atoms with E-state index in [1.807, 2.05) is 36.1 Å². The van der Waals surface area contributed by atoms with Gasteiger partial charge in [0.15, 0.2) is 0 Å². The second-order valence-electron chi connectivity index (χ2n) is 16.5. The average molecular weight is 893 g/mol. The van der Waals surface area contributed by atoms with Crippen LogP contribution in [-0.2, 0) is 49.4 Å². The summed E-state index contributed by atoms with van der Waals surface area (Å²) in [5.41, 5.74) is 3.84. The fourth-order valence-corrected chi connectivity index (χ4v) is 8.72. The van der Waals surface area contributed by atoms with Crippen LogP contribution in [0.5, 0.6) is 5.75 Å². The van der Waals surface area contributed by atoms with Crippen molar-refractivity contribution in [1.29, 1.82) is 0 Å². The van der Waals surface area contributed by atoms with Gasteiger partial charge in [0.25, 0.3) is 20.2 Å². The first-order chi connectivity index (χ1) is 28.8. The summed E-state index contributed by atoms with van der Waals surface area (Å²) in [4.78, 5) is 15.1. The van der Waals surface area contributed by atoms with E-state index in [1.165, 1.54) is 12.1 Å². The number of allylic oxidation sites excluding steroid dienone is 4. The normalized spacial score (nSPS) is 18.6. The Labute approximate surface area is 361 Å². The highest BCUT2D eigenvalue weighted by Crippen LogP contribution is 2.51. The molecule has 17 heteroatoms. The van der Waals surface area contributed by atoms with Gasteiger partial charge in [0.1, 0.15) is 11.9 Å². The molecule has 340 valence electrons. The summed E-state index contributed by atoms with van der Waals surface area (Å²) in [5, 5.41) is 9.17. The van der Waals surface area contributed by atoms with Crippen molar-refractivity contribution in [1.82, 2.24) is 0 Å². The number of anilines is 2. The highest BCUT2D eigenvalue weighted by Gasteiger charge is 2.43. The topological polar surface area (TPSA) is 199 Å². The Kier molecular flexibility index (Phi) is 18.4. The van der Waals surface area contributed by atoms with Gasteiger partial charge >= 0.3 is 5.97 Å². The Morgan fingerprint density at radius 2 is 1.57 bits per heavy atom. The minimum absolute atomic E-state index is 0.0355. The molecule has 0 radical (unpaired) electrons. The largest absolute Gasteiger partial charge is 0.482 e. The fraction of sp³-hybridized carbons (Fsp3) is 0.568. The van der Waals surface area contributed by atoms with Gasteiger partial charge in [-0.1, -0.05) is 33.3 Å². The third-order valence-corrected chi connectivity index (χ3v) is 12.5. The van der Waals surface area contributed by atoms with Gasteiger partial charge in [0, 0.05) is 74.4 Å². The lowest BCUT2D eigenvalue weighted by atomic mass is 9.77. The van der Waals surface area contributed by atoms with Crippen LogP contribution < -0.4 is 14.5 Å². The highest BCUT2D eigenvalue weighted by atomic mass is 32.2. The molecule has 2 atom stereocenters. The first kappa shape index (κ1) is 49.8. The Morgan fingerprint density at radius 3 is 2.16 bits per heavy atom. The van der Waals surface area contributed by atoms with Gasteiger partial charge in [-0.3, -0.25) is 13.9 Å². The van der Waals surface area contributed by atoms with E-state index in [9.17, 15) is 35.8 Å². The van der Waals surface area contributed by atoms with Crippen molar-refractivity contribution in [3.8, 4) is 5.75 Å². The quantitative estimate of drug-likeness (QED) is 0.0659. The lowest BCUT2D eigenvalue weighted by Gasteiger charge is -2.33. The van der Waals surface area contributed by atoms with Crippen LogP contribution in [0.3, 0.4) is 0 Å². The Bertz CT molecular complexity index is 2080. The summed E-state index contributed by atoms with van der Waals surface area (Å²) >= 11 is 0. The molecule has 0 bridgehead atoms. The average Bonchev–Trinajstić information content (AvgIpc) is 3.40. The molecule has 0 spiro atoms. The summed E-state index contributed by atoms with van der Waals surface area (Å²) in [6.45, 7) is 13.0. The standard InChI is InChI=1S/C44H64N2O13S2/c1-43(2,3)37-31-34(59-40-30-33(15-17-36(37)40)45(21-23-57-27-25-55-5)22-24-58-28-26-56-6)12-10-13-41-44(4,19-11-29-60(49,50)51)38-32-35(61(52,53)54)16-18-39(38)46(41)20-9-7-8-14-42(47)48/h10,12-13,15-18,30-32,34H,7-9,11,14,19-29H2,1-6H3,(H,47,48)(H,49,50,51)(H,52,53,54)/b12-10+,41-13+. The monoisotopic (exact) mass is 892 g/mol. The summed E-state index contributed by atoms with van der Waals surface area (Å²) in [7, 11) is -5.59. The zero-order valence-corrected chi connectivity index (χ0v) is 37.9. The van der Waals surface area contributed by atoms with Crippen LogP contribution in [0, 0.1) is 5.41 Å². The molecule has 2 aliphatic heterocycles. The van der Waals surface area contributed by atoms with Crippen molar-refractivity contribution in [2.24, 2.45) is 5.41 Å². The number of ether oxygens (including phenoxy) is 5. The zero-order chi connectivity index (χ0) is 44.8. The minimum Gasteiger partial charge on any atom is -0.482 e. The number of fused-ring (bicyclic) bond motifs is 2. The first-order valence-corrected chi connectivity index (χ1v) is 23.7. The lowest BCUT2D eigenvalue weighted by Crippen LogP contribution is -2.32. The number of aliphatic carboxylic acids is 1. The third kappa shape index (κ3) is 14.6. The van der Waals surface area contributed by atoms with Crippen LogP contribution in [-0.4, -0.2) is 122 Å². The fourth-order valence-electron chi connectivity index (χ4n) is 7.70. The van der Waals surface area contributed by atoms with Gasteiger partial charge in [-0.15, -0.1) is 0 Å². The first-order valence-electron chi connectivity index (χ1n) is 20.7. The van der Waals surface area contributed by atoms with Crippen LogP contribution in [0.4, 0.5) is 11.4 Å². The van der Waals surface area contributed by atoms with Crippen LogP contribution in [0.2, 0.25) is 0 Å². The van der Waals surface area contributed by atoms with E-state index in [1.54, 1.807) is 20.3 Å². The second kappa shape index (κ2) is 22.5. The third-order valence-electron chi connectivity index (χ3n) is 10.8. The molecule has 0 fully saturated rings. The SMILES string of the molecule is COCCOCCN(CCOCCOC)c1ccc2c(c1)OC(/C=C/C=C1/N(CCCCCC(=O)O)c3ccc(S(=O)(=O)O)cc3C1(C)CCCS(=O)(=O)O)C=C2C(C)(C)C. The van der Waals surface area contributed by atoms with Crippen molar-refractivity contribution in [2.45, 2.75) is 82.6 Å². The maximum Gasteiger partial charge on any atom is 0.303 e. The van der Waals surface area contributed by atoms with Crippen LogP contribution in [0.1, 0.15) is 77.3 Å². The molecule has 0 aromatic heterocycles. The molecule has 4 rings (SSSR count). The number of benzene rings is 2. The minimum atomic E-state index is -4.58. The number of hydrogen-bond acceptors (Lipinski definition) is 12. The molecule has 2 aliphatic rings. The highest BCUT2D eigenvalue weighted by molar-refractivity contribution is 7.86. The molecule has 2 aromatic carbocycles. The molecule has 0 aliphatic carbocycles. The maximum absolute atomic E-state index is 12.3. The second-order valence-corrected chi connectivity index (χ2v) is 19.5. The van der Waals surface area contributed by atoms with E-state index in [2.05, 4.69) is 43.9 Å². The number of hydrogen-bond donors (Lipinski definition) is 3. The van der Waals surface area contributed by atoms with E-state index < -0.39 is 43.5 Å². The Balaban J connectivity index is 1.72. The number of methoxy groups -OCH3 is 2. The van der Waals surface area contributed by atoms with Gasteiger partial charge in [-0.25, -0.2) is 0 Å². The van der Waals surface area contributed by atoms with Gasteiger partial charge < -0.3 is 38.6 Å². The summed E-state index contributed by atoms with van der Waals surface area (Å²) in [5.74, 6) is -0.662. The molecule has 2 unspecified atom stereocenters. The molecule has 3 N–H and O–H groups in total. The number of rotatable bonds is 26.